The van der Waals surface area contributed by atoms with Gasteiger partial charge in [-0.05, 0) is 61.7 Å². The fourth-order valence-electron chi connectivity index (χ4n) is 4.16. The van der Waals surface area contributed by atoms with Gasteiger partial charge in [0.05, 0.1) is 16.5 Å². The zero-order valence-electron chi connectivity index (χ0n) is 17.9. The van der Waals surface area contributed by atoms with E-state index < -0.39 is 21.8 Å². The van der Waals surface area contributed by atoms with Crippen molar-refractivity contribution in [3.63, 3.8) is 0 Å². The number of halogens is 1. The summed E-state index contributed by atoms with van der Waals surface area (Å²) in [6.07, 6.45) is 2.74. The lowest BCUT2D eigenvalue weighted by Crippen LogP contribution is -2.35. The maximum absolute atomic E-state index is 14.3. The van der Waals surface area contributed by atoms with E-state index in [4.69, 9.17) is 0 Å². The van der Waals surface area contributed by atoms with Crippen molar-refractivity contribution in [2.75, 3.05) is 29.9 Å². The van der Waals surface area contributed by atoms with Crippen molar-refractivity contribution in [1.82, 2.24) is 4.31 Å². The summed E-state index contributed by atoms with van der Waals surface area (Å²) in [5, 5.41) is 2.74. The van der Waals surface area contributed by atoms with Gasteiger partial charge in [-0.1, -0.05) is 12.5 Å². The van der Waals surface area contributed by atoms with Crippen molar-refractivity contribution in [3.05, 3.63) is 53.8 Å². The van der Waals surface area contributed by atoms with E-state index in [1.54, 1.807) is 31.2 Å². The highest BCUT2D eigenvalue weighted by Crippen LogP contribution is 2.29. The van der Waals surface area contributed by atoms with E-state index in [2.05, 4.69) is 5.32 Å². The number of nitrogens with one attached hydrogen (secondary N) is 1. The molecular weight excluding hydrogens is 433 g/mol. The molecule has 0 aromatic heterocycles. The second-order valence-electron chi connectivity index (χ2n) is 8.34. The quantitative estimate of drug-likeness (QED) is 0.743. The largest absolute Gasteiger partial charge is 0.326 e. The zero-order valence-corrected chi connectivity index (χ0v) is 18.7. The molecule has 2 fully saturated rings. The van der Waals surface area contributed by atoms with Crippen LogP contribution in [0.2, 0.25) is 0 Å². The number of sulfonamides is 1. The summed E-state index contributed by atoms with van der Waals surface area (Å²) in [5.41, 5.74) is 1.36. The number of rotatable bonds is 5. The molecule has 170 valence electrons. The molecule has 32 heavy (non-hydrogen) atoms. The minimum atomic E-state index is -3.54. The Labute approximate surface area is 187 Å². The second-order valence-corrected chi connectivity index (χ2v) is 10.3. The Hall–Kier alpha value is -2.78. The fourth-order valence-corrected chi connectivity index (χ4v) is 5.67. The minimum absolute atomic E-state index is 0.0133. The van der Waals surface area contributed by atoms with E-state index >= 15 is 0 Å². The SMILES string of the molecule is Cc1ccc(N2CC(C(=O)Nc3ccc(S(=O)(=O)N4CCCCC4)cc3)CC2=O)c(F)c1. The Balaban J connectivity index is 1.41. The standard InChI is InChI=1S/C23H26FN3O4S/c1-16-5-10-21(20(24)13-16)27-15-17(14-22(27)28)23(29)25-18-6-8-19(9-7-18)32(30,31)26-11-3-2-4-12-26/h5-10,13,17H,2-4,11-12,14-15H2,1H3,(H,25,29). The third-order valence-electron chi connectivity index (χ3n) is 5.96. The van der Waals surface area contributed by atoms with Gasteiger partial charge in [0.25, 0.3) is 0 Å². The highest BCUT2D eigenvalue weighted by molar-refractivity contribution is 7.89. The molecule has 0 saturated carbocycles. The van der Waals surface area contributed by atoms with Crippen LogP contribution < -0.4 is 10.2 Å². The van der Waals surface area contributed by atoms with E-state index in [-0.39, 0.29) is 35.4 Å². The van der Waals surface area contributed by atoms with Gasteiger partial charge in [-0.15, -0.1) is 0 Å². The summed E-state index contributed by atoms with van der Waals surface area (Å²) in [5.74, 6) is -1.79. The van der Waals surface area contributed by atoms with Gasteiger partial charge < -0.3 is 10.2 Å². The first-order valence-corrected chi connectivity index (χ1v) is 12.2. The lowest BCUT2D eigenvalue weighted by Gasteiger charge is -2.25. The van der Waals surface area contributed by atoms with Gasteiger partial charge in [0.2, 0.25) is 21.8 Å². The van der Waals surface area contributed by atoms with E-state index in [1.165, 1.54) is 27.4 Å². The number of piperidine rings is 1. The van der Waals surface area contributed by atoms with Crippen molar-refractivity contribution in [2.24, 2.45) is 5.92 Å². The zero-order chi connectivity index (χ0) is 22.9. The van der Waals surface area contributed by atoms with Crippen LogP contribution in [0.5, 0.6) is 0 Å². The molecule has 9 heteroatoms. The molecule has 2 saturated heterocycles. The number of aryl methyl sites for hydroxylation is 1. The third-order valence-corrected chi connectivity index (χ3v) is 7.88. The molecular formula is C23H26FN3O4S. The maximum Gasteiger partial charge on any atom is 0.243 e. The molecule has 1 atom stereocenters. The third kappa shape index (κ3) is 4.54. The van der Waals surface area contributed by atoms with Crippen LogP contribution in [0, 0.1) is 18.7 Å². The summed E-state index contributed by atoms with van der Waals surface area (Å²) >= 11 is 0. The number of carbonyl (C=O) groups is 2. The topological polar surface area (TPSA) is 86.8 Å². The summed E-state index contributed by atoms with van der Waals surface area (Å²) < 4.78 is 41.3. The first-order chi connectivity index (χ1) is 15.3. The summed E-state index contributed by atoms with van der Waals surface area (Å²) in [4.78, 5) is 26.6. The summed E-state index contributed by atoms with van der Waals surface area (Å²) in [6.45, 7) is 2.90. The van der Waals surface area contributed by atoms with Gasteiger partial charge in [-0.25, -0.2) is 12.8 Å². The number of hydrogen-bond donors (Lipinski definition) is 1. The maximum atomic E-state index is 14.3. The van der Waals surface area contributed by atoms with Gasteiger partial charge in [0.1, 0.15) is 5.82 Å². The van der Waals surface area contributed by atoms with E-state index in [0.29, 0.717) is 18.8 Å². The molecule has 2 amide bonds. The van der Waals surface area contributed by atoms with E-state index in [0.717, 1.165) is 24.8 Å². The second kappa shape index (κ2) is 8.99. The van der Waals surface area contributed by atoms with Crippen LogP contribution in [0.4, 0.5) is 15.8 Å². The predicted molar refractivity (Wildman–Crippen MR) is 119 cm³/mol. The number of anilines is 2. The number of nitrogens with zero attached hydrogens (tertiary/aromatic N) is 2. The molecule has 0 aliphatic carbocycles. The van der Waals surface area contributed by atoms with E-state index in [1.807, 2.05) is 0 Å². The first kappa shape index (κ1) is 22.4. The lowest BCUT2D eigenvalue weighted by molar-refractivity contribution is -0.122. The molecule has 4 rings (SSSR count). The Morgan fingerprint density at radius 3 is 2.41 bits per heavy atom. The Kier molecular flexibility index (Phi) is 6.30. The van der Waals surface area contributed by atoms with Gasteiger partial charge in [-0.2, -0.15) is 4.31 Å². The van der Waals surface area contributed by atoms with Gasteiger partial charge >= 0.3 is 0 Å². The highest BCUT2D eigenvalue weighted by atomic mass is 32.2. The average molecular weight is 460 g/mol. The molecule has 2 aliphatic heterocycles. The summed E-state index contributed by atoms with van der Waals surface area (Å²) in [7, 11) is -3.54. The van der Waals surface area contributed by atoms with Crippen LogP contribution >= 0.6 is 0 Å². The van der Waals surface area contributed by atoms with Gasteiger partial charge in [0.15, 0.2) is 0 Å². The molecule has 2 aromatic rings. The van der Waals surface area contributed by atoms with Crippen molar-refractivity contribution in [1.29, 1.82) is 0 Å². The summed E-state index contributed by atoms with van der Waals surface area (Å²) in [6, 6.07) is 10.7. The number of benzene rings is 2. The smallest absolute Gasteiger partial charge is 0.243 e. The molecule has 0 radical (unpaired) electrons. The van der Waals surface area contributed by atoms with Crippen LogP contribution in [0.25, 0.3) is 0 Å². The number of hydrogen-bond acceptors (Lipinski definition) is 4. The van der Waals surface area contributed by atoms with Crippen LogP contribution in [0.1, 0.15) is 31.2 Å². The minimum Gasteiger partial charge on any atom is -0.326 e. The molecule has 2 heterocycles. The van der Waals surface area contributed by atoms with Crippen LogP contribution in [-0.2, 0) is 19.6 Å². The Bertz CT molecular complexity index is 1130. The monoisotopic (exact) mass is 459 g/mol. The molecule has 0 bridgehead atoms. The van der Waals surface area contributed by atoms with Gasteiger partial charge in [-0.3, -0.25) is 9.59 Å². The normalized spacial score (nSPS) is 19.9. The van der Waals surface area contributed by atoms with Crippen LogP contribution in [0.3, 0.4) is 0 Å². The van der Waals surface area contributed by atoms with Crippen molar-refractivity contribution in [2.45, 2.75) is 37.5 Å². The first-order valence-electron chi connectivity index (χ1n) is 10.7. The lowest BCUT2D eigenvalue weighted by atomic mass is 10.1. The highest BCUT2D eigenvalue weighted by Gasteiger charge is 2.36. The molecule has 0 spiro atoms. The van der Waals surface area contributed by atoms with Crippen molar-refractivity contribution in [3.8, 4) is 0 Å². The average Bonchev–Trinajstić information content (AvgIpc) is 3.16. The molecule has 1 N–H and O–H groups in total. The Morgan fingerprint density at radius 1 is 1.06 bits per heavy atom. The molecule has 2 aliphatic rings. The predicted octanol–water partition coefficient (Wildman–Crippen LogP) is 3.30. The van der Waals surface area contributed by atoms with Crippen molar-refractivity contribution >= 4 is 33.2 Å². The van der Waals surface area contributed by atoms with Crippen LogP contribution in [-0.4, -0.2) is 44.2 Å². The molecule has 2 aromatic carbocycles. The number of amides is 2. The number of carbonyl (C=O) groups excluding carboxylic acids is 2. The molecule has 7 nitrogen and oxygen atoms in total. The fraction of sp³-hybridized carbons (Fsp3) is 0.391. The Morgan fingerprint density at radius 2 is 1.75 bits per heavy atom. The van der Waals surface area contributed by atoms with Crippen LogP contribution in [0.15, 0.2) is 47.4 Å². The van der Waals surface area contributed by atoms with Crippen molar-refractivity contribution < 1.29 is 22.4 Å². The van der Waals surface area contributed by atoms with Gasteiger partial charge in [0, 0.05) is 31.7 Å². The molecule has 1 unspecified atom stereocenters. The van der Waals surface area contributed by atoms with E-state index in [9.17, 15) is 22.4 Å².